The second-order valence-electron chi connectivity index (χ2n) is 6.29. The molecule has 0 spiro atoms. The molecule has 158 valence electrons. The van der Waals surface area contributed by atoms with Gasteiger partial charge in [-0.15, -0.1) is 0 Å². The van der Waals surface area contributed by atoms with Crippen LogP contribution in [0.15, 0.2) is 24.3 Å². The molecule has 0 unspecified atom stereocenters. The zero-order valence-electron chi connectivity index (χ0n) is 15.5. The van der Waals surface area contributed by atoms with Crippen molar-refractivity contribution in [1.29, 1.82) is 0 Å². The summed E-state index contributed by atoms with van der Waals surface area (Å²) in [5.74, 6) is -3.34. The average molecular weight is 415 g/mol. The van der Waals surface area contributed by atoms with Crippen LogP contribution in [-0.4, -0.2) is 49.9 Å². The summed E-state index contributed by atoms with van der Waals surface area (Å²) in [5.41, 5.74) is -0.877. The number of benzene rings is 1. The summed E-state index contributed by atoms with van der Waals surface area (Å²) >= 11 is 0. The third-order valence-corrected chi connectivity index (χ3v) is 4.11. The number of rotatable bonds is 7. The van der Waals surface area contributed by atoms with Gasteiger partial charge < -0.3 is 20.3 Å². The molecule has 8 nitrogen and oxygen atoms in total. The lowest BCUT2D eigenvalue weighted by atomic mass is 10.1. The number of esters is 1. The van der Waals surface area contributed by atoms with E-state index in [2.05, 4.69) is 10.6 Å². The van der Waals surface area contributed by atoms with E-state index in [-0.39, 0.29) is 25.2 Å². The van der Waals surface area contributed by atoms with E-state index in [1.807, 2.05) is 0 Å². The number of nitrogens with zero attached hydrogens (tertiary/aromatic N) is 1. The molecule has 1 aromatic carbocycles. The van der Waals surface area contributed by atoms with Gasteiger partial charge in [0.1, 0.15) is 0 Å². The Labute approximate surface area is 164 Å². The molecule has 0 aromatic heterocycles. The van der Waals surface area contributed by atoms with Crippen LogP contribution in [0.25, 0.3) is 0 Å². The fourth-order valence-corrected chi connectivity index (χ4v) is 2.71. The van der Waals surface area contributed by atoms with Crippen LogP contribution in [0.5, 0.6) is 0 Å². The first-order chi connectivity index (χ1) is 13.6. The minimum atomic E-state index is -4.56. The van der Waals surface area contributed by atoms with E-state index in [9.17, 15) is 32.3 Å². The van der Waals surface area contributed by atoms with Crippen LogP contribution in [-0.2, 0) is 30.1 Å². The third-order valence-electron chi connectivity index (χ3n) is 4.11. The molecule has 3 amide bonds. The van der Waals surface area contributed by atoms with Crippen molar-refractivity contribution in [3.8, 4) is 0 Å². The van der Waals surface area contributed by atoms with E-state index in [1.165, 1.54) is 12.1 Å². The maximum absolute atomic E-state index is 12.8. The van der Waals surface area contributed by atoms with Gasteiger partial charge in [0, 0.05) is 25.2 Å². The molecule has 0 radical (unpaired) electrons. The Bertz CT molecular complexity index is 797. The van der Waals surface area contributed by atoms with Crippen LogP contribution in [0.1, 0.15) is 18.9 Å². The first kappa shape index (κ1) is 22.2. The average Bonchev–Trinajstić information content (AvgIpc) is 3.06. The van der Waals surface area contributed by atoms with Crippen molar-refractivity contribution in [2.45, 2.75) is 19.5 Å². The lowest BCUT2D eigenvalue weighted by Gasteiger charge is -2.18. The number of carbonyl (C=O) groups excluding carboxylic acids is 4. The van der Waals surface area contributed by atoms with Gasteiger partial charge in [-0.25, -0.2) is 0 Å². The Balaban J connectivity index is 1.89. The largest absolute Gasteiger partial charge is 0.455 e. The molecule has 1 atom stereocenters. The van der Waals surface area contributed by atoms with E-state index < -0.39 is 48.0 Å². The van der Waals surface area contributed by atoms with Crippen LogP contribution < -0.4 is 15.5 Å². The van der Waals surface area contributed by atoms with Crippen LogP contribution in [0, 0.1) is 5.92 Å². The minimum Gasteiger partial charge on any atom is -0.455 e. The highest BCUT2D eigenvalue weighted by molar-refractivity contribution is 5.99. The third kappa shape index (κ3) is 6.19. The standard InChI is InChI=1S/C18H20F3N3O5/c1-2-22-14(25)8-23-15(26)10-29-17(28)11-6-16(27)24(9-11)13-5-3-4-12(7-13)18(19,20)21/h3-5,7,11H,2,6,8-10H2,1H3,(H,22,25)(H,23,26)/t11-/m1/s1. The van der Waals surface area contributed by atoms with Crippen LogP contribution >= 0.6 is 0 Å². The first-order valence-electron chi connectivity index (χ1n) is 8.79. The summed E-state index contributed by atoms with van der Waals surface area (Å²) in [4.78, 5) is 48.2. The fraction of sp³-hybridized carbons (Fsp3) is 0.444. The predicted molar refractivity (Wildman–Crippen MR) is 94.6 cm³/mol. The molecule has 2 rings (SSSR count). The molecule has 1 saturated heterocycles. The number of likely N-dealkylation sites (N-methyl/N-ethyl adjacent to an activating group) is 1. The summed E-state index contributed by atoms with van der Waals surface area (Å²) in [5, 5.41) is 4.74. The Morgan fingerprint density at radius 3 is 2.59 bits per heavy atom. The number of ether oxygens (including phenoxy) is 1. The topological polar surface area (TPSA) is 105 Å². The van der Waals surface area contributed by atoms with Gasteiger partial charge in [-0.1, -0.05) is 6.07 Å². The number of nitrogens with one attached hydrogen (secondary N) is 2. The van der Waals surface area contributed by atoms with Crippen LogP contribution in [0.2, 0.25) is 0 Å². The van der Waals surface area contributed by atoms with Crippen molar-refractivity contribution in [3.05, 3.63) is 29.8 Å². The van der Waals surface area contributed by atoms with Crippen molar-refractivity contribution in [2.24, 2.45) is 5.92 Å². The van der Waals surface area contributed by atoms with E-state index in [0.717, 1.165) is 17.0 Å². The normalized spacial score (nSPS) is 16.5. The molecule has 11 heteroatoms. The molecule has 1 heterocycles. The lowest BCUT2D eigenvalue weighted by Crippen LogP contribution is -2.39. The van der Waals surface area contributed by atoms with Crippen molar-refractivity contribution in [3.63, 3.8) is 0 Å². The summed E-state index contributed by atoms with van der Waals surface area (Å²) in [7, 11) is 0. The molecular formula is C18H20F3N3O5. The van der Waals surface area contributed by atoms with Crippen molar-refractivity contribution >= 4 is 29.4 Å². The number of anilines is 1. The summed E-state index contributed by atoms with van der Waals surface area (Å²) in [6.45, 7) is 1.07. The fourth-order valence-electron chi connectivity index (χ4n) is 2.71. The predicted octanol–water partition coefficient (Wildman–Crippen LogP) is 0.854. The Morgan fingerprint density at radius 1 is 1.21 bits per heavy atom. The van der Waals surface area contributed by atoms with Gasteiger partial charge in [-0.05, 0) is 25.1 Å². The smallest absolute Gasteiger partial charge is 0.416 e. The summed E-state index contributed by atoms with van der Waals surface area (Å²) < 4.78 is 43.4. The highest BCUT2D eigenvalue weighted by Gasteiger charge is 2.37. The SMILES string of the molecule is CCNC(=O)CNC(=O)COC(=O)[C@@H]1CC(=O)N(c2cccc(C(F)(F)F)c2)C1. The van der Waals surface area contributed by atoms with E-state index in [0.29, 0.717) is 6.54 Å². The number of amides is 3. The molecule has 1 aromatic rings. The number of halogens is 3. The lowest BCUT2D eigenvalue weighted by molar-refractivity contribution is -0.152. The molecule has 0 bridgehead atoms. The van der Waals surface area contributed by atoms with Crippen LogP contribution in [0.3, 0.4) is 0 Å². The molecule has 1 fully saturated rings. The number of hydrogen-bond acceptors (Lipinski definition) is 5. The first-order valence-corrected chi connectivity index (χ1v) is 8.79. The van der Waals surface area contributed by atoms with Crippen LogP contribution in [0.4, 0.5) is 18.9 Å². The maximum atomic E-state index is 12.8. The van der Waals surface area contributed by atoms with E-state index in [4.69, 9.17) is 4.74 Å². The molecular weight excluding hydrogens is 395 g/mol. The van der Waals surface area contributed by atoms with Crippen molar-refractivity contribution in [2.75, 3.05) is 31.1 Å². The monoisotopic (exact) mass is 415 g/mol. The number of carbonyl (C=O) groups is 4. The Kier molecular flexibility index (Phi) is 7.18. The van der Waals surface area contributed by atoms with Gasteiger partial charge in [0.2, 0.25) is 11.8 Å². The van der Waals surface area contributed by atoms with Gasteiger partial charge in [-0.3, -0.25) is 19.2 Å². The second-order valence-corrected chi connectivity index (χ2v) is 6.29. The molecule has 1 aliphatic rings. The Morgan fingerprint density at radius 2 is 1.93 bits per heavy atom. The molecule has 0 saturated carbocycles. The molecule has 1 aliphatic heterocycles. The van der Waals surface area contributed by atoms with Gasteiger partial charge in [0.25, 0.3) is 5.91 Å². The highest BCUT2D eigenvalue weighted by atomic mass is 19.4. The molecule has 29 heavy (non-hydrogen) atoms. The van der Waals surface area contributed by atoms with Gasteiger partial charge in [-0.2, -0.15) is 13.2 Å². The number of hydrogen-bond donors (Lipinski definition) is 2. The van der Waals surface area contributed by atoms with Crippen molar-refractivity contribution in [1.82, 2.24) is 10.6 Å². The quantitative estimate of drug-likeness (QED) is 0.643. The van der Waals surface area contributed by atoms with E-state index in [1.54, 1.807) is 6.92 Å². The minimum absolute atomic E-state index is 0.0276. The second kappa shape index (κ2) is 9.39. The van der Waals surface area contributed by atoms with Gasteiger partial charge in [0.05, 0.1) is 18.0 Å². The zero-order chi connectivity index (χ0) is 21.6. The molecule has 0 aliphatic carbocycles. The number of alkyl halides is 3. The van der Waals surface area contributed by atoms with Gasteiger partial charge >= 0.3 is 12.1 Å². The highest BCUT2D eigenvalue weighted by Crippen LogP contribution is 2.33. The van der Waals surface area contributed by atoms with Gasteiger partial charge in [0.15, 0.2) is 6.61 Å². The summed E-state index contributed by atoms with van der Waals surface area (Å²) in [6.07, 6.45) is -4.80. The van der Waals surface area contributed by atoms with Crippen molar-refractivity contribution < 1.29 is 37.1 Å². The maximum Gasteiger partial charge on any atom is 0.416 e. The van der Waals surface area contributed by atoms with E-state index >= 15 is 0 Å². The summed E-state index contributed by atoms with van der Waals surface area (Å²) in [6, 6.07) is 4.24. The molecule has 2 N–H and O–H groups in total. The Hall–Kier alpha value is -3.11. The zero-order valence-corrected chi connectivity index (χ0v) is 15.5.